The van der Waals surface area contributed by atoms with Crippen LogP contribution in [-0.4, -0.2) is 39.8 Å². The molecule has 6 nitrogen and oxygen atoms in total. The van der Waals surface area contributed by atoms with E-state index in [0.29, 0.717) is 12.0 Å². The molecular formula is C9H18N6. The quantitative estimate of drug-likeness (QED) is 0.746. The molecular weight excluding hydrogens is 192 g/mol. The SMILES string of the molecule is CN(c1nnnn1C)C1CCCC1CN. The highest BCUT2D eigenvalue weighted by atomic mass is 15.6. The highest BCUT2D eigenvalue weighted by molar-refractivity contribution is 5.29. The van der Waals surface area contributed by atoms with Crippen molar-refractivity contribution >= 4 is 5.95 Å². The minimum absolute atomic E-state index is 0.486. The minimum Gasteiger partial charge on any atom is -0.339 e. The Morgan fingerprint density at radius 3 is 2.93 bits per heavy atom. The number of aryl methyl sites for hydroxylation is 1. The summed E-state index contributed by atoms with van der Waals surface area (Å²) >= 11 is 0. The van der Waals surface area contributed by atoms with Gasteiger partial charge in [-0.05, 0) is 35.7 Å². The van der Waals surface area contributed by atoms with Crippen LogP contribution in [0.15, 0.2) is 0 Å². The molecule has 1 aliphatic carbocycles. The summed E-state index contributed by atoms with van der Waals surface area (Å²) in [6.07, 6.45) is 3.66. The molecule has 1 aliphatic rings. The Kier molecular flexibility index (Phi) is 2.86. The molecule has 1 heterocycles. The molecule has 0 aliphatic heterocycles. The zero-order chi connectivity index (χ0) is 10.8. The number of hydrogen-bond acceptors (Lipinski definition) is 5. The van der Waals surface area contributed by atoms with E-state index >= 15 is 0 Å². The predicted molar refractivity (Wildman–Crippen MR) is 57.4 cm³/mol. The van der Waals surface area contributed by atoms with Crippen molar-refractivity contribution in [3.05, 3.63) is 0 Å². The molecule has 1 fully saturated rings. The predicted octanol–water partition coefficient (Wildman–Crippen LogP) is -0.226. The Bertz CT molecular complexity index is 322. The van der Waals surface area contributed by atoms with Gasteiger partial charge < -0.3 is 10.6 Å². The summed E-state index contributed by atoms with van der Waals surface area (Å²) in [7, 11) is 3.91. The van der Waals surface area contributed by atoms with Crippen LogP contribution in [0.5, 0.6) is 0 Å². The summed E-state index contributed by atoms with van der Waals surface area (Å²) in [6, 6.07) is 0.486. The highest BCUT2D eigenvalue weighted by Gasteiger charge is 2.31. The van der Waals surface area contributed by atoms with Crippen molar-refractivity contribution < 1.29 is 0 Å². The molecule has 1 aromatic heterocycles. The van der Waals surface area contributed by atoms with Gasteiger partial charge in [0.2, 0.25) is 5.95 Å². The molecule has 0 amide bonds. The molecule has 2 rings (SSSR count). The van der Waals surface area contributed by atoms with E-state index in [-0.39, 0.29) is 0 Å². The van der Waals surface area contributed by atoms with Crippen molar-refractivity contribution in [2.45, 2.75) is 25.3 Å². The standard InChI is InChI=1S/C9H18N6/c1-14(9-11-12-13-15(9)2)8-5-3-4-7(8)6-10/h7-8H,3-6,10H2,1-2H3. The molecule has 6 heteroatoms. The van der Waals surface area contributed by atoms with Crippen LogP contribution in [0.4, 0.5) is 5.95 Å². The van der Waals surface area contributed by atoms with E-state index in [1.165, 1.54) is 19.3 Å². The summed E-state index contributed by atoms with van der Waals surface area (Å²) in [5.41, 5.74) is 5.77. The second-order valence-electron chi connectivity index (χ2n) is 4.21. The minimum atomic E-state index is 0.486. The van der Waals surface area contributed by atoms with Gasteiger partial charge in [0, 0.05) is 20.1 Å². The third-order valence-electron chi connectivity index (χ3n) is 3.33. The van der Waals surface area contributed by atoms with Gasteiger partial charge in [0.15, 0.2) is 0 Å². The Morgan fingerprint density at radius 2 is 2.33 bits per heavy atom. The normalized spacial score (nSPS) is 25.8. The summed E-state index contributed by atoms with van der Waals surface area (Å²) in [6.45, 7) is 0.750. The van der Waals surface area contributed by atoms with E-state index < -0.39 is 0 Å². The van der Waals surface area contributed by atoms with Gasteiger partial charge in [-0.1, -0.05) is 11.5 Å². The molecule has 2 N–H and O–H groups in total. The third kappa shape index (κ3) is 1.81. The Morgan fingerprint density at radius 1 is 1.53 bits per heavy atom. The fourth-order valence-corrected chi connectivity index (χ4v) is 2.47. The van der Waals surface area contributed by atoms with Gasteiger partial charge >= 0.3 is 0 Å². The van der Waals surface area contributed by atoms with Crippen LogP contribution < -0.4 is 10.6 Å². The number of tetrazole rings is 1. The van der Waals surface area contributed by atoms with Crippen molar-refractivity contribution in [2.75, 3.05) is 18.5 Å². The molecule has 1 aromatic rings. The Hall–Kier alpha value is -1.17. The van der Waals surface area contributed by atoms with E-state index in [1.54, 1.807) is 4.68 Å². The number of rotatable bonds is 3. The van der Waals surface area contributed by atoms with E-state index in [9.17, 15) is 0 Å². The van der Waals surface area contributed by atoms with Gasteiger partial charge in [-0.3, -0.25) is 0 Å². The zero-order valence-electron chi connectivity index (χ0n) is 9.30. The van der Waals surface area contributed by atoms with Crippen molar-refractivity contribution in [3.8, 4) is 0 Å². The number of nitrogens with two attached hydrogens (primary N) is 1. The molecule has 0 spiro atoms. The fourth-order valence-electron chi connectivity index (χ4n) is 2.47. The van der Waals surface area contributed by atoms with Crippen LogP contribution >= 0.6 is 0 Å². The second kappa shape index (κ2) is 4.14. The molecule has 84 valence electrons. The van der Waals surface area contributed by atoms with Gasteiger partial charge in [0.05, 0.1) is 0 Å². The average Bonchev–Trinajstić information content (AvgIpc) is 2.84. The van der Waals surface area contributed by atoms with Crippen molar-refractivity contribution in [3.63, 3.8) is 0 Å². The lowest BCUT2D eigenvalue weighted by Crippen LogP contribution is -2.39. The van der Waals surface area contributed by atoms with Crippen molar-refractivity contribution in [2.24, 2.45) is 18.7 Å². The smallest absolute Gasteiger partial charge is 0.245 e. The molecule has 2 atom stereocenters. The van der Waals surface area contributed by atoms with Gasteiger partial charge in [-0.15, -0.1) is 0 Å². The first-order valence-electron chi connectivity index (χ1n) is 5.39. The monoisotopic (exact) mass is 210 g/mol. The van der Waals surface area contributed by atoms with Gasteiger partial charge in [0.25, 0.3) is 0 Å². The maximum absolute atomic E-state index is 5.77. The lowest BCUT2D eigenvalue weighted by molar-refractivity contribution is 0.465. The summed E-state index contributed by atoms with van der Waals surface area (Å²) in [5.74, 6) is 1.40. The molecule has 0 radical (unpaired) electrons. The second-order valence-corrected chi connectivity index (χ2v) is 4.21. The van der Waals surface area contributed by atoms with Crippen molar-refractivity contribution in [1.82, 2.24) is 20.2 Å². The van der Waals surface area contributed by atoms with Crippen LogP contribution in [-0.2, 0) is 7.05 Å². The van der Waals surface area contributed by atoms with E-state index in [4.69, 9.17) is 5.73 Å². The Balaban J connectivity index is 2.13. The topological polar surface area (TPSA) is 72.9 Å². The molecule has 0 bridgehead atoms. The first kappa shape index (κ1) is 10.4. The van der Waals surface area contributed by atoms with Crippen LogP contribution in [0.2, 0.25) is 0 Å². The lowest BCUT2D eigenvalue weighted by atomic mass is 10.0. The maximum Gasteiger partial charge on any atom is 0.245 e. The number of nitrogens with zero attached hydrogens (tertiary/aromatic N) is 5. The van der Waals surface area contributed by atoms with E-state index in [0.717, 1.165) is 12.5 Å². The highest BCUT2D eigenvalue weighted by Crippen LogP contribution is 2.30. The Labute approximate surface area is 89.4 Å². The zero-order valence-corrected chi connectivity index (χ0v) is 9.30. The number of hydrogen-bond donors (Lipinski definition) is 1. The lowest BCUT2D eigenvalue weighted by Gasteiger charge is -2.28. The summed E-state index contributed by atoms with van der Waals surface area (Å²) < 4.78 is 1.70. The molecule has 0 aromatic carbocycles. The van der Waals surface area contributed by atoms with Gasteiger partial charge in [0.1, 0.15) is 0 Å². The number of anilines is 1. The molecule has 0 saturated heterocycles. The fraction of sp³-hybridized carbons (Fsp3) is 0.889. The first-order valence-corrected chi connectivity index (χ1v) is 5.39. The molecule has 2 unspecified atom stereocenters. The first-order chi connectivity index (χ1) is 7.24. The maximum atomic E-state index is 5.77. The third-order valence-corrected chi connectivity index (χ3v) is 3.33. The molecule has 1 saturated carbocycles. The van der Waals surface area contributed by atoms with Crippen LogP contribution in [0, 0.1) is 5.92 Å². The van der Waals surface area contributed by atoms with Gasteiger partial charge in [-0.25, -0.2) is 4.68 Å². The van der Waals surface area contributed by atoms with E-state index in [1.807, 2.05) is 14.1 Å². The van der Waals surface area contributed by atoms with Crippen molar-refractivity contribution in [1.29, 1.82) is 0 Å². The van der Waals surface area contributed by atoms with E-state index in [2.05, 4.69) is 20.4 Å². The summed E-state index contributed by atoms with van der Waals surface area (Å²) in [5, 5.41) is 11.5. The largest absolute Gasteiger partial charge is 0.339 e. The number of aromatic nitrogens is 4. The van der Waals surface area contributed by atoms with Crippen LogP contribution in [0.1, 0.15) is 19.3 Å². The van der Waals surface area contributed by atoms with Gasteiger partial charge in [-0.2, -0.15) is 0 Å². The summed E-state index contributed by atoms with van der Waals surface area (Å²) in [4.78, 5) is 2.16. The van der Waals surface area contributed by atoms with Crippen LogP contribution in [0.25, 0.3) is 0 Å². The average molecular weight is 210 g/mol. The van der Waals surface area contributed by atoms with Crippen LogP contribution in [0.3, 0.4) is 0 Å². The molecule has 15 heavy (non-hydrogen) atoms.